The topological polar surface area (TPSA) is 42.4 Å². The fraction of sp³-hybridized carbons (Fsp3) is 0.294. The summed E-state index contributed by atoms with van der Waals surface area (Å²) >= 11 is 3.28. The van der Waals surface area contributed by atoms with Crippen LogP contribution in [0.5, 0.6) is 5.88 Å². The maximum absolute atomic E-state index is 12.8. The van der Waals surface area contributed by atoms with Crippen LogP contribution in [0.4, 0.5) is 13.2 Å². The molecule has 1 saturated heterocycles. The molecule has 0 bridgehead atoms. The van der Waals surface area contributed by atoms with Gasteiger partial charge in [0.25, 0.3) is 5.91 Å². The zero-order valence-corrected chi connectivity index (χ0v) is 14.5. The monoisotopic (exact) mass is 414 g/mol. The molecule has 0 aliphatic carbocycles. The van der Waals surface area contributed by atoms with Crippen LogP contribution < -0.4 is 4.74 Å². The predicted molar refractivity (Wildman–Crippen MR) is 88.3 cm³/mol. The maximum Gasteiger partial charge on any atom is 0.416 e. The third kappa shape index (κ3) is 4.31. The molecule has 3 rings (SSSR count). The summed E-state index contributed by atoms with van der Waals surface area (Å²) in [7, 11) is 0. The number of carbonyl (C=O) groups excluding carboxylic acids is 1. The van der Waals surface area contributed by atoms with Crippen molar-refractivity contribution in [1.29, 1.82) is 0 Å². The second-order valence-electron chi connectivity index (χ2n) is 5.67. The van der Waals surface area contributed by atoms with E-state index in [2.05, 4.69) is 20.9 Å². The normalized spacial score (nSPS) is 17.6. The van der Waals surface area contributed by atoms with Gasteiger partial charge < -0.3 is 9.64 Å². The Balaban J connectivity index is 1.65. The van der Waals surface area contributed by atoms with Crippen LogP contribution in [0, 0.1) is 0 Å². The number of amides is 1. The van der Waals surface area contributed by atoms with Crippen LogP contribution in [0.3, 0.4) is 0 Å². The molecule has 25 heavy (non-hydrogen) atoms. The highest BCUT2D eigenvalue weighted by atomic mass is 79.9. The van der Waals surface area contributed by atoms with Crippen molar-refractivity contribution >= 4 is 21.8 Å². The molecule has 0 N–H and O–H groups in total. The standard InChI is InChI=1S/C17H14BrF3N2O2/c18-13-4-5-15(22-9-13)25-14-6-7-23(10-14)16(24)11-2-1-3-12(8-11)17(19,20)21/h1-5,8-9,14H,6-7,10H2. The van der Waals surface area contributed by atoms with Gasteiger partial charge in [0.1, 0.15) is 6.10 Å². The van der Waals surface area contributed by atoms with Gasteiger partial charge in [-0.15, -0.1) is 0 Å². The minimum absolute atomic E-state index is 0.0252. The average Bonchev–Trinajstić information content (AvgIpc) is 3.04. The molecule has 4 nitrogen and oxygen atoms in total. The summed E-state index contributed by atoms with van der Waals surface area (Å²) in [6.07, 6.45) is -2.50. The van der Waals surface area contributed by atoms with Gasteiger partial charge in [-0.05, 0) is 40.2 Å². The van der Waals surface area contributed by atoms with E-state index in [1.165, 1.54) is 17.0 Å². The van der Waals surface area contributed by atoms with Gasteiger partial charge in [-0.1, -0.05) is 6.07 Å². The van der Waals surface area contributed by atoms with Gasteiger partial charge in [-0.2, -0.15) is 13.2 Å². The van der Waals surface area contributed by atoms with Crippen LogP contribution in [-0.2, 0) is 6.18 Å². The summed E-state index contributed by atoms with van der Waals surface area (Å²) in [5.41, 5.74) is -0.804. The Morgan fingerprint density at radius 2 is 2.08 bits per heavy atom. The number of rotatable bonds is 3. The van der Waals surface area contributed by atoms with Crippen molar-refractivity contribution < 1.29 is 22.7 Å². The number of hydrogen-bond acceptors (Lipinski definition) is 3. The number of halogens is 4. The van der Waals surface area contributed by atoms with E-state index in [-0.39, 0.29) is 11.7 Å². The number of ether oxygens (including phenoxy) is 1. The molecule has 1 amide bonds. The van der Waals surface area contributed by atoms with E-state index in [0.29, 0.717) is 25.4 Å². The Hall–Kier alpha value is -2.09. The van der Waals surface area contributed by atoms with Gasteiger partial charge in [0.15, 0.2) is 0 Å². The van der Waals surface area contributed by atoms with Crippen LogP contribution >= 0.6 is 15.9 Å². The van der Waals surface area contributed by atoms with Crippen LogP contribution in [0.1, 0.15) is 22.3 Å². The minimum Gasteiger partial charge on any atom is -0.472 e. The van der Waals surface area contributed by atoms with Crippen molar-refractivity contribution in [2.24, 2.45) is 0 Å². The number of hydrogen-bond donors (Lipinski definition) is 0. The van der Waals surface area contributed by atoms with E-state index < -0.39 is 17.6 Å². The fourth-order valence-electron chi connectivity index (χ4n) is 2.62. The number of aromatic nitrogens is 1. The Bertz CT molecular complexity index is 765. The summed E-state index contributed by atoms with van der Waals surface area (Å²) in [6, 6.07) is 7.97. The van der Waals surface area contributed by atoms with Crippen LogP contribution in [0.2, 0.25) is 0 Å². The first-order chi connectivity index (χ1) is 11.8. The summed E-state index contributed by atoms with van der Waals surface area (Å²) in [4.78, 5) is 18.1. The molecule has 2 heterocycles. The van der Waals surface area contributed by atoms with E-state index in [0.717, 1.165) is 16.6 Å². The SMILES string of the molecule is O=C(c1cccc(C(F)(F)F)c1)N1CCC(Oc2ccc(Br)cn2)C1. The van der Waals surface area contributed by atoms with Gasteiger partial charge in [-0.25, -0.2) is 4.98 Å². The first-order valence-electron chi connectivity index (χ1n) is 7.57. The van der Waals surface area contributed by atoms with Crippen molar-refractivity contribution in [3.05, 3.63) is 58.2 Å². The highest BCUT2D eigenvalue weighted by Gasteiger charge is 2.33. The number of likely N-dealkylation sites (tertiary alicyclic amines) is 1. The molecular formula is C17H14BrF3N2O2. The van der Waals surface area contributed by atoms with Crippen LogP contribution in [-0.4, -0.2) is 35.0 Å². The lowest BCUT2D eigenvalue weighted by Crippen LogP contribution is -2.31. The molecule has 1 aliphatic rings. The third-order valence-electron chi connectivity index (χ3n) is 3.86. The Morgan fingerprint density at radius 1 is 1.28 bits per heavy atom. The second-order valence-corrected chi connectivity index (χ2v) is 6.59. The zero-order valence-electron chi connectivity index (χ0n) is 13.0. The lowest BCUT2D eigenvalue weighted by molar-refractivity contribution is -0.137. The summed E-state index contributed by atoms with van der Waals surface area (Å²) in [6.45, 7) is 0.739. The average molecular weight is 415 g/mol. The van der Waals surface area contributed by atoms with Gasteiger partial charge in [0, 0.05) is 35.3 Å². The van der Waals surface area contributed by atoms with Gasteiger partial charge >= 0.3 is 6.18 Å². The molecule has 1 atom stereocenters. The van der Waals surface area contributed by atoms with E-state index in [1.807, 2.05) is 0 Å². The molecule has 0 spiro atoms. The number of alkyl halides is 3. The highest BCUT2D eigenvalue weighted by molar-refractivity contribution is 9.10. The maximum atomic E-state index is 12.8. The molecular weight excluding hydrogens is 401 g/mol. The molecule has 1 unspecified atom stereocenters. The van der Waals surface area contributed by atoms with Crippen molar-refractivity contribution in [2.45, 2.75) is 18.7 Å². The highest BCUT2D eigenvalue weighted by Crippen LogP contribution is 2.30. The molecule has 0 radical (unpaired) electrons. The van der Waals surface area contributed by atoms with Crippen molar-refractivity contribution in [3.8, 4) is 5.88 Å². The molecule has 1 fully saturated rings. The number of carbonyl (C=O) groups is 1. The molecule has 0 saturated carbocycles. The molecule has 1 aliphatic heterocycles. The van der Waals surface area contributed by atoms with Gasteiger partial charge in [0.2, 0.25) is 5.88 Å². The number of pyridine rings is 1. The summed E-state index contributed by atoms with van der Waals surface area (Å²) < 4.78 is 44.9. The molecule has 1 aromatic carbocycles. The smallest absolute Gasteiger partial charge is 0.416 e. The Labute approximate surface area is 150 Å². The largest absolute Gasteiger partial charge is 0.472 e. The minimum atomic E-state index is -4.47. The number of benzene rings is 1. The van der Waals surface area contributed by atoms with Crippen molar-refractivity contribution in [1.82, 2.24) is 9.88 Å². The second kappa shape index (κ2) is 7.03. The summed E-state index contributed by atoms with van der Waals surface area (Å²) in [5, 5.41) is 0. The summed E-state index contributed by atoms with van der Waals surface area (Å²) in [5.74, 6) is 0.0162. The predicted octanol–water partition coefficient (Wildman–Crippen LogP) is 4.16. The van der Waals surface area contributed by atoms with E-state index in [4.69, 9.17) is 4.74 Å². The van der Waals surface area contributed by atoms with E-state index in [9.17, 15) is 18.0 Å². The molecule has 2 aromatic rings. The van der Waals surface area contributed by atoms with E-state index >= 15 is 0 Å². The van der Waals surface area contributed by atoms with E-state index in [1.54, 1.807) is 18.3 Å². The van der Waals surface area contributed by atoms with Crippen molar-refractivity contribution in [2.75, 3.05) is 13.1 Å². The lowest BCUT2D eigenvalue weighted by Gasteiger charge is -2.18. The van der Waals surface area contributed by atoms with Crippen LogP contribution in [0.15, 0.2) is 47.1 Å². The molecule has 8 heteroatoms. The zero-order chi connectivity index (χ0) is 18.0. The molecule has 132 valence electrons. The lowest BCUT2D eigenvalue weighted by atomic mass is 10.1. The Kier molecular flexibility index (Phi) is 4.99. The van der Waals surface area contributed by atoms with Gasteiger partial charge in [0.05, 0.1) is 12.1 Å². The third-order valence-corrected chi connectivity index (χ3v) is 4.33. The van der Waals surface area contributed by atoms with Crippen LogP contribution in [0.25, 0.3) is 0 Å². The quantitative estimate of drug-likeness (QED) is 0.757. The first kappa shape index (κ1) is 17.7. The fourth-order valence-corrected chi connectivity index (χ4v) is 2.86. The van der Waals surface area contributed by atoms with Gasteiger partial charge in [-0.3, -0.25) is 4.79 Å². The Morgan fingerprint density at radius 3 is 2.76 bits per heavy atom. The van der Waals surface area contributed by atoms with Crippen molar-refractivity contribution in [3.63, 3.8) is 0 Å². The number of nitrogens with zero attached hydrogens (tertiary/aromatic N) is 2. The molecule has 1 aromatic heterocycles. The first-order valence-corrected chi connectivity index (χ1v) is 8.37.